The van der Waals surface area contributed by atoms with Crippen molar-refractivity contribution in [2.24, 2.45) is 0 Å². The Bertz CT molecular complexity index is 806. The zero-order valence-corrected chi connectivity index (χ0v) is 13.4. The topological polar surface area (TPSA) is 64.7 Å². The van der Waals surface area contributed by atoms with Crippen LogP contribution in [-0.2, 0) is 17.9 Å². The van der Waals surface area contributed by atoms with Gasteiger partial charge in [-0.15, -0.1) is 0 Å². The Hall–Kier alpha value is -2.60. The van der Waals surface area contributed by atoms with Crippen LogP contribution in [0.5, 0.6) is 0 Å². The van der Waals surface area contributed by atoms with Crippen LogP contribution in [-0.4, -0.2) is 25.5 Å². The molecule has 0 unspecified atom stereocenters. The Balaban J connectivity index is 1.58. The first kappa shape index (κ1) is 15.3. The maximum Gasteiger partial charge on any atom is 0.246 e. The molecule has 23 heavy (non-hydrogen) atoms. The highest BCUT2D eigenvalue weighted by atomic mass is 35.5. The lowest BCUT2D eigenvalue weighted by Crippen LogP contribution is -2.18. The van der Waals surface area contributed by atoms with Crippen molar-refractivity contribution in [3.8, 4) is 0 Å². The van der Waals surface area contributed by atoms with Gasteiger partial charge in [0.1, 0.15) is 6.54 Å². The maximum absolute atomic E-state index is 12.0. The van der Waals surface area contributed by atoms with E-state index in [4.69, 9.17) is 11.6 Å². The van der Waals surface area contributed by atoms with Gasteiger partial charge in [-0.2, -0.15) is 10.2 Å². The van der Waals surface area contributed by atoms with Crippen LogP contribution < -0.4 is 5.32 Å². The van der Waals surface area contributed by atoms with Crippen molar-refractivity contribution in [1.29, 1.82) is 0 Å². The van der Waals surface area contributed by atoms with Crippen molar-refractivity contribution in [2.45, 2.75) is 20.0 Å². The lowest BCUT2D eigenvalue weighted by atomic mass is 10.2. The third kappa shape index (κ3) is 4.20. The van der Waals surface area contributed by atoms with Crippen LogP contribution in [0.3, 0.4) is 0 Å². The van der Waals surface area contributed by atoms with E-state index in [1.165, 1.54) is 0 Å². The van der Waals surface area contributed by atoms with Crippen molar-refractivity contribution in [2.75, 3.05) is 5.32 Å². The second kappa shape index (κ2) is 6.66. The lowest BCUT2D eigenvalue weighted by molar-refractivity contribution is -0.116. The Morgan fingerprint density at radius 2 is 1.87 bits per heavy atom. The zero-order chi connectivity index (χ0) is 16.2. The van der Waals surface area contributed by atoms with Crippen molar-refractivity contribution in [3.63, 3.8) is 0 Å². The van der Waals surface area contributed by atoms with Gasteiger partial charge in [0.25, 0.3) is 0 Å². The van der Waals surface area contributed by atoms with E-state index >= 15 is 0 Å². The number of nitrogens with zero attached hydrogens (tertiary/aromatic N) is 4. The first-order valence-corrected chi connectivity index (χ1v) is 7.52. The van der Waals surface area contributed by atoms with Crippen LogP contribution in [0.2, 0.25) is 5.02 Å². The lowest BCUT2D eigenvalue weighted by Gasteiger charge is -2.03. The van der Waals surface area contributed by atoms with E-state index in [0.717, 1.165) is 11.1 Å². The predicted molar refractivity (Wildman–Crippen MR) is 88.4 cm³/mol. The molecule has 0 aliphatic heterocycles. The van der Waals surface area contributed by atoms with Crippen LogP contribution in [0.15, 0.2) is 49.1 Å². The average molecular weight is 330 g/mol. The number of amides is 1. The molecule has 0 aliphatic rings. The number of aryl methyl sites for hydroxylation is 1. The Morgan fingerprint density at radius 3 is 2.57 bits per heavy atom. The summed E-state index contributed by atoms with van der Waals surface area (Å²) in [6.07, 6.45) is 6.96. The van der Waals surface area contributed by atoms with E-state index in [-0.39, 0.29) is 12.5 Å². The predicted octanol–water partition coefficient (Wildman–Crippen LogP) is 2.73. The number of anilines is 1. The van der Waals surface area contributed by atoms with Gasteiger partial charge < -0.3 is 5.32 Å². The molecular formula is C16H16ClN5O. The fourth-order valence-corrected chi connectivity index (χ4v) is 2.32. The quantitative estimate of drug-likeness (QED) is 0.782. The molecule has 1 aromatic carbocycles. The van der Waals surface area contributed by atoms with Crippen molar-refractivity contribution >= 4 is 23.2 Å². The summed E-state index contributed by atoms with van der Waals surface area (Å²) in [4.78, 5) is 12.0. The molecule has 1 amide bonds. The van der Waals surface area contributed by atoms with Gasteiger partial charge in [0.15, 0.2) is 0 Å². The molecule has 7 heteroatoms. The van der Waals surface area contributed by atoms with Gasteiger partial charge in [-0.05, 0) is 30.2 Å². The van der Waals surface area contributed by atoms with E-state index < -0.39 is 0 Å². The van der Waals surface area contributed by atoms with Crippen LogP contribution in [0.1, 0.15) is 11.1 Å². The standard InChI is InChI=1S/C16H16ClN5O/c1-12-6-18-21(8-12)11-16(23)20-15-7-19-22(10-15)9-13-2-4-14(17)5-3-13/h2-8,10H,9,11H2,1H3,(H,20,23). The normalized spacial score (nSPS) is 10.7. The fourth-order valence-electron chi connectivity index (χ4n) is 2.19. The van der Waals surface area contributed by atoms with Gasteiger partial charge >= 0.3 is 0 Å². The first-order valence-electron chi connectivity index (χ1n) is 7.14. The third-order valence-electron chi connectivity index (χ3n) is 3.24. The molecule has 0 radical (unpaired) electrons. The summed E-state index contributed by atoms with van der Waals surface area (Å²) in [7, 11) is 0. The van der Waals surface area contributed by atoms with E-state index in [1.54, 1.807) is 28.0 Å². The van der Waals surface area contributed by atoms with Crippen LogP contribution >= 0.6 is 11.6 Å². The van der Waals surface area contributed by atoms with Gasteiger partial charge in [0.05, 0.1) is 24.6 Å². The highest BCUT2D eigenvalue weighted by Gasteiger charge is 2.06. The van der Waals surface area contributed by atoms with E-state index in [1.807, 2.05) is 37.4 Å². The Labute approximate surface area is 138 Å². The minimum atomic E-state index is -0.140. The number of rotatable bonds is 5. The van der Waals surface area contributed by atoms with Crippen LogP contribution in [0.4, 0.5) is 5.69 Å². The molecule has 0 fully saturated rings. The minimum Gasteiger partial charge on any atom is -0.322 e. The third-order valence-corrected chi connectivity index (χ3v) is 3.49. The van der Waals surface area contributed by atoms with Gasteiger partial charge in [-0.1, -0.05) is 23.7 Å². The maximum atomic E-state index is 12.0. The molecule has 0 bridgehead atoms. The second-order valence-electron chi connectivity index (χ2n) is 5.32. The highest BCUT2D eigenvalue weighted by molar-refractivity contribution is 6.30. The summed E-state index contributed by atoms with van der Waals surface area (Å²) >= 11 is 5.87. The molecule has 0 saturated carbocycles. The number of carbonyl (C=O) groups is 1. The molecule has 0 atom stereocenters. The number of nitrogens with one attached hydrogen (secondary N) is 1. The average Bonchev–Trinajstić information content (AvgIpc) is 3.11. The highest BCUT2D eigenvalue weighted by Crippen LogP contribution is 2.12. The van der Waals surface area contributed by atoms with Crippen molar-refractivity contribution < 1.29 is 4.79 Å². The Morgan fingerprint density at radius 1 is 1.13 bits per heavy atom. The monoisotopic (exact) mass is 329 g/mol. The summed E-state index contributed by atoms with van der Waals surface area (Å²) in [5.41, 5.74) is 2.77. The number of halogens is 1. The number of hydrogen-bond acceptors (Lipinski definition) is 3. The van der Waals surface area contributed by atoms with Gasteiger partial charge in [0.2, 0.25) is 5.91 Å². The van der Waals surface area contributed by atoms with Crippen molar-refractivity contribution in [1.82, 2.24) is 19.6 Å². The Kier molecular flexibility index (Phi) is 4.43. The molecule has 0 spiro atoms. The number of aromatic nitrogens is 4. The molecule has 2 aromatic heterocycles. The molecule has 0 aliphatic carbocycles. The summed E-state index contributed by atoms with van der Waals surface area (Å²) in [6, 6.07) is 7.58. The van der Waals surface area contributed by atoms with Crippen LogP contribution in [0.25, 0.3) is 0 Å². The number of benzene rings is 1. The number of carbonyl (C=O) groups excluding carboxylic acids is 1. The molecule has 0 saturated heterocycles. The SMILES string of the molecule is Cc1cnn(CC(=O)Nc2cnn(Cc3ccc(Cl)cc3)c2)c1. The molecular weight excluding hydrogens is 314 g/mol. The summed E-state index contributed by atoms with van der Waals surface area (Å²) in [5, 5.41) is 11.8. The molecule has 6 nitrogen and oxygen atoms in total. The second-order valence-corrected chi connectivity index (χ2v) is 5.75. The molecule has 3 rings (SSSR count). The van der Waals surface area contributed by atoms with Gasteiger partial charge in [-0.25, -0.2) is 0 Å². The minimum absolute atomic E-state index is 0.140. The molecule has 1 N–H and O–H groups in total. The summed E-state index contributed by atoms with van der Waals surface area (Å²) in [5.74, 6) is -0.140. The van der Waals surface area contributed by atoms with Crippen molar-refractivity contribution in [3.05, 3.63) is 65.2 Å². The largest absolute Gasteiger partial charge is 0.322 e. The fraction of sp³-hybridized carbons (Fsp3) is 0.188. The summed E-state index contributed by atoms with van der Waals surface area (Å²) < 4.78 is 3.36. The first-order chi connectivity index (χ1) is 11.1. The summed E-state index contributed by atoms with van der Waals surface area (Å²) in [6.45, 7) is 2.73. The smallest absolute Gasteiger partial charge is 0.246 e. The number of hydrogen-bond donors (Lipinski definition) is 1. The van der Waals surface area contributed by atoms with Crippen LogP contribution in [0, 0.1) is 6.92 Å². The molecule has 3 aromatic rings. The van der Waals surface area contributed by atoms with Gasteiger partial charge in [-0.3, -0.25) is 14.2 Å². The van der Waals surface area contributed by atoms with E-state index in [9.17, 15) is 4.79 Å². The van der Waals surface area contributed by atoms with Gasteiger partial charge in [0, 0.05) is 17.4 Å². The van der Waals surface area contributed by atoms with E-state index in [0.29, 0.717) is 17.3 Å². The van der Waals surface area contributed by atoms with E-state index in [2.05, 4.69) is 15.5 Å². The molecule has 2 heterocycles. The zero-order valence-electron chi connectivity index (χ0n) is 12.6. The molecule has 118 valence electrons.